The van der Waals surface area contributed by atoms with E-state index in [1.165, 1.54) is 12.8 Å². The molecule has 1 N–H and O–H groups in total. The summed E-state index contributed by atoms with van der Waals surface area (Å²) in [7, 11) is 0. The first-order chi connectivity index (χ1) is 12.9. The van der Waals surface area contributed by atoms with E-state index in [1.54, 1.807) is 0 Å². The van der Waals surface area contributed by atoms with E-state index in [-0.39, 0.29) is 12.0 Å². The summed E-state index contributed by atoms with van der Waals surface area (Å²) in [5.74, 6) is 0.931. The van der Waals surface area contributed by atoms with Gasteiger partial charge in [-0.25, -0.2) is 0 Å². The quantitative estimate of drug-likeness (QED) is 0.572. The molecule has 2 rings (SSSR count). The highest BCUT2D eigenvalue weighted by Gasteiger charge is 2.39. The van der Waals surface area contributed by atoms with Crippen molar-refractivity contribution in [1.82, 2.24) is 0 Å². The zero-order valence-electron chi connectivity index (χ0n) is 17.8. The molecule has 1 fully saturated rings. The molecule has 0 spiro atoms. The van der Waals surface area contributed by atoms with Crippen LogP contribution in [-0.4, -0.2) is 24.2 Å². The summed E-state index contributed by atoms with van der Waals surface area (Å²) in [4.78, 5) is 13.2. The molecule has 1 aliphatic rings. The molecule has 4 nitrogen and oxygen atoms in total. The molecule has 1 aromatic rings. The number of amides is 1. The molecule has 0 bridgehead atoms. The van der Waals surface area contributed by atoms with Crippen LogP contribution < -0.4 is 10.1 Å². The zero-order chi connectivity index (χ0) is 19.9. The van der Waals surface area contributed by atoms with Crippen LogP contribution in [0.4, 0.5) is 5.69 Å². The van der Waals surface area contributed by atoms with E-state index in [0.717, 1.165) is 61.1 Å². The van der Waals surface area contributed by atoms with Gasteiger partial charge in [0.2, 0.25) is 0 Å². The molecule has 0 radical (unpaired) electrons. The van der Waals surface area contributed by atoms with Crippen molar-refractivity contribution in [2.75, 3.05) is 11.9 Å². The first kappa shape index (κ1) is 21.7. The molecular formula is C23H37NO3. The van der Waals surface area contributed by atoms with Gasteiger partial charge in [-0.05, 0) is 69.7 Å². The number of rotatable bonds is 8. The maximum absolute atomic E-state index is 13.2. The van der Waals surface area contributed by atoms with E-state index in [4.69, 9.17) is 9.47 Å². The highest BCUT2D eigenvalue weighted by Crippen LogP contribution is 2.33. The summed E-state index contributed by atoms with van der Waals surface area (Å²) >= 11 is 0. The molecule has 0 saturated heterocycles. The third-order valence-corrected chi connectivity index (χ3v) is 5.52. The lowest BCUT2D eigenvalue weighted by Crippen LogP contribution is -2.45. The minimum Gasteiger partial charge on any atom is -0.490 e. The van der Waals surface area contributed by atoms with Gasteiger partial charge >= 0.3 is 0 Å². The van der Waals surface area contributed by atoms with Gasteiger partial charge in [0.15, 0.2) is 0 Å². The normalized spacial score (nSPS) is 17.8. The highest BCUT2D eigenvalue weighted by atomic mass is 16.5. The molecule has 152 valence electrons. The first-order valence-corrected chi connectivity index (χ1v) is 10.6. The minimum absolute atomic E-state index is 0.00671. The van der Waals surface area contributed by atoms with Crippen LogP contribution in [0.15, 0.2) is 12.1 Å². The van der Waals surface area contributed by atoms with Gasteiger partial charge in [-0.2, -0.15) is 0 Å². The van der Waals surface area contributed by atoms with Gasteiger partial charge in [0, 0.05) is 12.3 Å². The molecule has 1 amide bonds. The Balaban J connectivity index is 2.19. The summed E-state index contributed by atoms with van der Waals surface area (Å²) in [5.41, 5.74) is 2.25. The number of nitrogens with one attached hydrogen (secondary N) is 1. The van der Waals surface area contributed by atoms with Crippen LogP contribution in [0.5, 0.6) is 5.75 Å². The van der Waals surface area contributed by atoms with Crippen LogP contribution in [0.1, 0.15) is 83.3 Å². The SMILES string of the molecule is CCCOC1(C(=O)Nc2cc(C)c(OC(C)CC)c(C)c2)CCCCCC1. The molecule has 0 aliphatic heterocycles. The molecule has 4 heteroatoms. The van der Waals surface area contributed by atoms with Crippen molar-refractivity contribution in [2.24, 2.45) is 0 Å². The maximum Gasteiger partial charge on any atom is 0.256 e. The van der Waals surface area contributed by atoms with Crippen LogP contribution >= 0.6 is 0 Å². The molecule has 1 aromatic carbocycles. The van der Waals surface area contributed by atoms with Gasteiger partial charge in [-0.15, -0.1) is 0 Å². The monoisotopic (exact) mass is 375 g/mol. The number of carbonyl (C=O) groups is 1. The predicted octanol–water partition coefficient (Wildman–Crippen LogP) is 5.94. The van der Waals surface area contributed by atoms with Gasteiger partial charge in [0.1, 0.15) is 11.4 Å². The van der Waals surface area contributed by atoms with Crippen molar-refractivity contribution in [3.8, 4) is 5.75 Å². The zero-order valence-corrected chi connectivity index (χ0v) is 17.8. The second-order valence-corrected chi connectivity index (χ2v) is 7.99. The maximum atomic E-state index is 13.2. The third kappa shape index (κ3) is 5.71. The third-order valence-electron chi connectivity index (χ3n) is 5.52. The molecule has 1 saturated carbocycles. The van der Waals surface area contributed by atoms with Gasteiger partial charge in [0.25, 0.3) is 5.91 Å². The fourth-order valence-corrected chi connectivity index (χ4v) is 3.77. The molecule has 0 heterocycles. The van der Waals surface area contributed by atoms with Gasteiger partial charge in [0.05, 0.1) is 6.10 Å². The van der Waals surface area contributed by atoms with Gasteiger partial charge in [-0.1, -0.05) is 39.5 Å². The fourth-order valence-electron chi connectivity index (χ4n) is 3.77. The number of benzene rings is 1. The van der Waals surface area contributed by atoms with Crippen molar-refractivity contribution in [2.45, 2.75) is 97.7 Å². The van der Waals surface area contributed by atoms with Crippen molar-refractivity contribution >= 4 is 11.6 Å². The Bertz CT molecular complexity index is 595. The smallest absolute Gasteiger partial charge is 0.256 e. The lowest BCUT2D eigenvalue weighted by Gasteiger charge is -2.31. The number of anilines is 1. The largest absolute Gasteiger partial charge is 0.490 e. The Morgan fingerprint density at radius 2 is 1.70 bits per heavy atom. The number of carbonyl (C=O) groups excluding carboxylic acids is 1. The Kier molecular flexibility index (Phi) is 8.15. The molecule has 27 heavy (non-hydrogen) atoms. The average Bonchev–Trinajstić information content (AvgIpc) is 2.89. The Labute approximate surface area is 165 Å². The fraction of sp³-hybridized carbons (Fsp3) is 0.696. The van der Waals surface area contributed by atoms with Crippen LogP contribution in [0.2, 0.25) is 0 Å². The predicted molar refractivity (Wildman–Crippen MR) is 112 cm³/mol. The summed E-state index contributed by atoms with van der Waals surface area (Å²) in [6.07, 6.45) is 8.17. The topological polar surface area (TPSA) is 47.6 Å². The summed E-state index contributed by atoms with van der Waals surface area (Å²) in [5, 5.41) is 3.15. The van der Waals surface area contributed by atoms with E-state index in [2.05, 4.69) is 26.1 Å². The van der Waals surface area contributed by atoms with E-state index < -0.39 is 5.60 Å². The second-order valence-electron chi connectivity index (χ2n) is 7.99. The van der Waals surface area contributed by atoms with Crippen molar-refractivity contribution in [3.63, 3.8) is 0 Å². The number of hydrogen-bond acceptors (Lipinski definition) is 3. The lowest BCUT2D eigenvalue weighted by molar-refractivity contribution is -0.143. The van der Waals surface area contributed by atoms with Crippen LogP contribution in [0.25, 0.3) is 0 Å². The standard InChI is InChI=1S/C23H37NO3/c1-6-14-26-23(12-10-8-9-11-13-23)22(25)24-20-15-17(3)21(18(4)16-20)27-19(5)7-2/h15-16,19H,6-14H2,1-5H3,(H,24,25). The highest BCUT2D eigenvalue weighted by molar-refractivity contribution is 5.97. The number of aryl methyl sites for hydroxylation is 2. The van der Waals surface area contributed by atoms with Crippen molar-refractivity contribution in [3.05, 3.63) is 23.3 Å². The van der Waals surface area contributed by atoms with Crippen LogP contribution in [-0.2, 0) is 9.53 Å². The van der Waals surface area contributed by atoms with E-state index >= 15 is 0 Å². The molecular weight excluding hydrogens is 338 g/mol. The summed E-state index contributed by atoms with van der Waals surface area (Å²) in [6.45, 7) is 11.0. The van der Waals surface area contributed by atoms with E-state index in [9.17, 15) is 4.79 Å². The molecule has 1 unspecified atom stereocenters. The van der Waals surface area contributed by atoms with Gasteiger partial charge < -0.3 is 14.8 Å². The average molecular weight is 376 g/mol. The molecule has 0 aromatic heterocycles. The number of ether oxygens (including phenoxy) is 2. The molecule has 1 aliphatic carbocycles. The van der Waals surface area contributed by atoms with Gasteiger partial charge in [-0.3, -0.25) is 4.79 Å². The van der Waals surface area contributed by atoms with Crippen LogP contribution in [0, 0.1) is 13.8 Å². The summed E-state index contributed by atoms with van der Waals surface area (Å²) < 4.78 is 12.2. The van der Waals surface area contributed by atoms with E-state index in [0.29, 0.717) is 6.61 Å². The summed E-state index contributed by atoms with van der Waals surface area (Å²) in [6, 6.07) is 4.01. The Morgan fingerprint density at radius 3 is 2.22 bits per heavy atom. The first-order valence-electron chi connectivity index (χ1n) is 10.6. The Hall–Kier alpha value is -1.55. The Morgan fingerprint density at radius 1 is 1.11 bits per heavy atom. The van der Waals surface area contributed by atoms with Crippen molar-refractivity contribution in [1.29, 1.82) is 0 Å². The van der Waals surface area contributed by atoms with Crippen molar-refractivity contribution < 1.29 is 14.3 Å². The lowest BCUT2D eigenvalue weighted by atomic mass is 9.92. The van der Waals surface area contributed by atoms with E-state index in [1.807, 2.05) is 26.0 Å². The molecule has 1 atom stereocenters. The number of hydrogen-bond donors (Lipinski definition) is 1. The second kappa shape index (κ2) is 10.1. The minimum atomic E-state index is -0.680. The van der Waals surface area contributed by atoms with Crippen LogP contribution in [0.3, 0.4) is 0 Å².